The first-order valence-electron chi connectivity index (χ1n) is 7.77. The third-order valence-corrected chi connectivity index (χ3v) is 4.67. The fourth-order valence-corrected chi connectivity index (χ4v) is 3.42. The molecule has 0 aliphatic heterocycles. The van der Waals surface area contributed by atoms with Crippen LogP contribution in [-0.2, 0) is 0 Å². The van der Waals surface area contributed by atoms with Crippen molar-refractivity contribution >= 4 is 0 Å². The maximum Gasteiger partial charge on any atom is 0.104 e. The Bertz CT molecular complexity index is 738. The van der Waals surface area contributed by atoms with Gasteiger partial charge in [-0.05, 0) is 37.5 Å². The highest BCUT2D eigenvalue weighted by Crippen LogP contribution is 2.42. The van der Waals surface area contributed by atoms with Crippen molar-refractivity contribution in [1.29, 1.82) is 0 Å². The van der Waals surface area contributed by atoms with Gasteiger partial charge in [-0.1, -0.05) is 77.4 Å². The lowest BCUT2D eigenvalue weighted by atomic mass is 9.83. The molecule has 1 heteroatoms. The van der Waals surface area contributed by atoms with Gasteiger partial charge in [0.25, 0.3) is 0 Å². The molecule has 1 N–H and O–H groups in total. The number of hydrogen-bond acceptors (Lipinski definition) is 1. The molecule has 0 saturated heterocycles. The van der Waals surface area contributed by atoms with Gasteiger partial charge in [0, 0.05) is 5.92 Å². The number of aliphatic hydroxyl groups excluding tert-OH is 1. The van der Waals surface area contributed by atoms with E-state index in [4.69, 9.17) is 0 Å². The Morgan fingerprint density at radius 1 is 0.864 bits per heavy atom. The van der Waals surface area contributed by atoms with Crippen molar-refractivity contribution in [1.82, 2.24) is 0 Å². The summed E-state index contributed by atoms with van der Waals surface area (Å²) in [6, 6.07) is 18.1. The van der Waals surface area contributed by atoms with E-state index in [-0.39, 0.29) is 5.92 Å². The van der Waals surface area contributed by atoms with E-state index in [2.05, 4.69) is 39.0 Å². The lowest BCUT2D eigenvalue weighted by Gasteiger charge is -2.22. The third-order valence-electron chi connectivity index (χ3n) is 4.67. The van der Waals surface area contributed by atoms with Crippen LogP contribution in [0.15, 0.2) is 77.4 Å². The van der Waals surface area contributed by atoms with E-state index in [1.54, 1.807) is 0 Å². The molecule has 0 spiro atoms. The minimum Gasteiger partial charge on any atom is -0.384 e. The van der Waals surface area contributed by atoms with Crippen LogP contribution in [-0.4, -0.2) is 5.11 Å². The zero-order valence-electron chi connectivity index (χ0n) is 13.4. The molecule has 0 amide bonds. The van der Waals surface area contributed by atoms with Crippen LogP contribution in [0.2, 0.25) is 0 Å². The van der Waals surface area contributed by atoms with E-state index in [0.29, 0.717) is 0 Å². The zero-order valence-corrected chi connectivity index (χ0v) is 13.4. The van der Waals surface area contributed by atoms with E-state index in [1.807, 2.05) is 42.5 Å². The number of benzene rings is 2. The topological polar surface area (TPSA) is 20.2 Å². The molecule has 0 saturated carbocycles. The first-order valence-corrected chi connectivity index (χ1v) is 7.77. The van der Waals surface area contributed by atoms with Crippen LogP contribution in [0.3, 0.4) is 0 Å². The Morgan fingerprint density at radius 2 is 1.50 bits per heavy atom. The van der Waals surface area contributed by atoms with Crippen molar-refractivity contribution in [2.24, 2.45) is 0 Å². The highest BCUT2D eigenvalue weighted by atomic mass is 16.3. The van der Waals surface area contributed by atoms with Crippen molar-refractivity contribution < 1.29 is 5.11 Å². The van der Waals surface area contributed by atoms with E-state index in [1.165, 1.54) is 22.3 Å². The molecule has 1 nitrogen and oxygen atoms in total. The van der Waals surface area contributed by atoms with Crippen molar-refractivity contribution in [3.63, 3.8) is 0 Å². The molecule has 2 atom stereocenters. The second-order valence-electron chi connectivity index (χ2n) is 6.13. The molecule has 0 radical (unpaired) electrons. The Labute approximate surface area is 132 Å². The average molecular weight is 290 g/mol. The van der Waals surface area contributed by atoms with Gasteiger partial charge >= 0.3 is 0 Å². The van der Waals surface area contributed by atoms with Gasteiger partial charge in [0.15, 0.2) is 0 Å². The Balaban J connectivity index is 2.07. The predicted molar refractivity (Wildman–Crippen MR) is 91.8 cm³/mol. The molecule has 0 fully saturated rings. The lowest BCUT2D eigenvalue weighted by Crippen LogP contribution is -2.08. The van der Waals surface area contributed by atoms with Gasteiger partial charge in [-0.2, -0.15) is 0 Å². The van der Waals surface area contributed by atoms with Gasteiger partial charge in [0.05, 0.1) is 0 Å². The van der Waals surface area contributed by atoms with E-state index in [0.717, 1.165) is 11.1 Å². The number of rotatable bonds is 3. The van der Waals surface area contributed by atoms with Crippen LogP contribution in [0.1, 0.15) is 49.5 Å². The quantitative estimate of drug-likeness (QED) is 0.829. The van der Waals surface area contributed by atoms with Gasteiger partial charge in [-0.3, -0.25) is 0 Å². The van der Waals surface area contributed by atoms with Crippen LogP contribution < -0.4 is 0 Å². The first kappa shape index (κ1) is 14.8. The standard InChI is InChI=1S/C21H22O/c1-14-13-15(2)20(16(14)3)18-11-7-8-12-19(18)21(22)17-9-5-4-6-10-17/h4-13,20-22H,1-3H3. The Morgan fingerprint density at radius 3 is 2.14 bits per heavy atom. The summed E-state index contributed by atoms with van der Waals surface area (Å²) in [6.45, 7) is 6.53. The fourth-order valence-electron chi connectivity index (χ4n) is 3.42. The van der Waals surface area contributed by atoms with E-state index in [9.17, 15) is 5.11 Å². The second-order valence-corrected chi connectivity index (χ2v) is 6.13. The number of aliphatic hydroxyl groups is 1. The summed E-state index contributed by atoms with van der Waals surface area (Å²) in [7, 11) is 0. The second kappa shape index (κ2) is 5.94. The monoisotopic (exact) mass is 290 g/mol. The minimum absolute atomic E-state index is 0.287. The predicted octanol–water partition coefficient (Wildman–Crippen LogP) is 5.15. The smallest absolute Gasteiger partial charge is 0.104 e. The summed E-state index contributed by atoms with van der Waals surface area (Å²) in [6.07, 6.45) is 1.67. The molecule has 2 aromatic rings. The maximum atomic E-state index is 10.8. The first-order chi connectivity index (χ1) is 10.6. The molecular weight excluding hydrogens is 268 g/mol. The summed E-state index contributed by atoms with van der Waals surface area (Å²) < 4.78 is 0. The lowest BCUT2D eigenvalue weighted by molar-refractivity contribution is 0.219. The molecule has 0 bridgehead atoms. The van der Waals surface area contributed by atoms with Crippen LogP contribution in [0.4, 0.5) is 0 Å². The molecule has 2 unspecified atom stereocenters. The minimum atomic E-state index is -0.584. The fraction of sp³-hybridized carbons (Fsp3) is 0.238. The van der Waals surface area contributed by atoms with Crippen molar-refractivity contribution in [2.45, 2.75) is 32.8 Å². The summed E-state index contributed by atoms with van der Waals surface area (Å²) in [4.78, 5) is 0. The van der Waals surface area contributed by atoms with Crippen LogP contribution in [0, 0.1) is 0 Å². The molecule has 0 heterocycles. The molecule has 1 aliphatic rings. The van der Waals surface area contributed by atoms with Gasteiger partial charge in [0.1, 0.15) is 6.10 Å². The van der Waals surface area contributed by atoms with Crippen LogP contribution in [0.5, 0.6) is 0 Å². The highest BCUT2D eigenvalue weighted by molar-refractivity contribution is 5.52. The average Bonchev–Trinajstić information content (AvgIpc) is 2.80. The Kier molecular flexibility index (Phi) is 4.00. The normalized spacial score (nSPS) is 19.3. The molecule has 1 aliphatic carbocycles. The summed E-state index contributed by atoms with van der Waals surface area (Å²) in [5.41, 5.74) is 7.22. The molecule has 0 aromatic heterocycles. The number of allylic oxidation sites excluding steroid dienone is 4. The van der Waals surface area contributed by atoms with Crippen molar-refractivity contribution in [3.8, 4) is 0 Å². The molecule has 112 valence electrons. The van der Waals surface area contributed by atoms with Gasteiger partial charge < -0.3 is 5.11 Å². The number of hydrogen-bond donors (Lipinski definition) is 1. The van der Waals surface area contributed by atoms with E-state index >= 15 is 0 Å². The van der Waals surface area contributed by atoms with Crippen LogP contribution >= 0.6 is 0 Å². The zero-order chi connectivity index (χ0) is 15.7. The van der Waals surface area contributed by atoms with Crippen molar-refractivity contribution in [3.05, 3.63) is 94.1 Å². The van der Waals surface area contributed by atoms with Gasteiger partial charge in [0.2, 0.25) is 0 Å². The van der Waals surface area contributed by atoms with Crippen molar-refractivity contribution in [2.75, 3.05) is 0 Å². The molecule has 22 heavy (non-hydrogen) atoms. The highest BCUT2D eigenvalue weighted by Gasteiger charge is 2.26. The SMILES string of the molecule is CC1=CC(C)=C(C)C1c1ccccc1C(O)c1ccccc1. The molecule has 3 rings (SSSR count). The molecule has 2 aromatic carbocycles. The third kappa shape index (κ3) is 2.53. The summed E-state index contributed by atoms with van der Waals surface area (Å²) in [5, 5.41) is 10.8. The van der Waals surface area contributed by atoms with Gasteiger partial charge in [-0.25, -0.2) is 0 Å². The largest absolute Gasteiger partial charge is 0.384 e. The summed E-state index contributed by atoms with van der Waals surface area (Å²) in [5.74, 6) is 0.287. The maximum absolute atomic E-state index is 10.8. The van der Waals surface area contributed by atoms with E-state index < -0.39 is 6.10 Å². The molecular formula is C21H22O. The van der Waals surface area contributed by atoms with Crippen LogP contribution in [0.25, 0.3) is 0 Å². The summed E-state index contributed by atoms with van der Waals surface area (Å²) >= 11 is 0. The van der Waals surface area contributed by atoms with Gasteiger partial charge in [-0.15, -0.1) is 0 Å². The Hall–Kier alpha value is -2.12.